The second-order valence-electron chi connectivity index (χ2n) is 5.18. The van der Waals surface area contributed by atoms with Crippen LogP contribution in [0.25, 0.3) is 0 Å². The maximum absolute atomic E-state index is 3.52. The van der Waals surface area contributed by atoms with Crippen molar-refractivity contribution in [3.05, 3.63) is 35.4 Å². The van der Waals surface area contributed by atoms with E-state index in [4.69, 9.17) is 0 Å². The van der Waals surface area contributed by atoms with Gasteiger partial charge in [0.15, 0.2) is 0 Å². The molecule has 1 N–H and O–H groups in total. The molecular formula is C14H19N. The minimum atomic E-state index is 0.693. The van der Waals surface area contributed by atoms with Crippen molar-refractivity contribution in [3.8, 4) is 0 Å². The van der Waals surface area contributed by atoms with E-state index in [1.54, 1.807) is 5.56 Å². The summed E-state index contributed by atoms with van der Waals surface area (Å²) in [7, 11) is 0. The Bertz CT molecular complexity index is 337. The van der Waals surface area contributed by atoms with Crippen molar-refractivity contribution < 1.29 is 0 Å². The van der Waals surface area contributed by atoms with Crippen molar-refractivity contribution in [1.29, 1.82) is 0 Å². The van der Waals surface area contributed by atoms with Crippen LogP contribution in [-0.2, 0) is 0 Å². The van der Waals surface area contributed by atoms with Gasteiger partial charge in [0.05, 0.1) is 0 Å². The molecule has 1 aliphatic heterocycles. The quantitative estimate of drug-likeness (QED) is 0.775. The maximum Gasteiger partial charge on any atom is 0.00452 e. The third kappa shape index (κ3) is 1.93. The molecule has 0 amide bonds. The number of nitrogens with one attached hydrogen (secondary N) is 1. The molecule has 3 rings (SSSR count). The molecule has 1 heterocycles. The number of hydrogen-bond acceptors (Lipinski definition) is 1. The van der Waals surface area contributed by atoms with Crippen LogP contribution in [0, 0.1) is 0 Å². The van der Waals surface area contributed by atoms with Gasteiger partial charge in [-0.3, -0.25) is 0 Å². The summed E-state index contributed by atoms with van der Waals surface area (Å²) in [6.45, 7) is 3.43. The van der Waals surface area contributed by atoms with Crippen molar-refractivity contribution in [1.82, 2.24) is 5.32 Å². The van der Waals surface area contributed by atoms with E-state index in [9.17, 15) is 0 Å². The molecule has 0 spiro atoms. The third-order valence-electron chi connectivity index (χ3n) is 3.81. The Hall–Kier alpha value is -0.820. The van der Waals surface area contributed by atoms with Crippen molar-refractivity contribution in [2.75, 3.05) is 6.54 Å². The zero-order chi connectivity index (χ0) is 10.3. The van der Waals surface area contributed by atoms with Crippen LogP contribution in [0.5, 0.6) is 0 Å². The van der Waals surface area contributed by atoms with Crippen LogP contribution in [0.1, 0.15) is 49.1 Å². The normalized spacial score (nSPS) is 30.7. The van der Waals surface area contributed by atoms with E-state index in [-0.39, 0.29) is 0 Å². The minimum absolute atomic E-state index is 0.693. The molecule has 2 fully saturated rings. The zero-order valence-corrected chi connectivity index (χ0v) is 9.37. The summed E-state index contributed by atoms with van der Waals surface area (Å²) in [4.78, 5) is 0. The SMILES string of the molecule is CC1CC(c2ccc(C3CC3)cc2)CN1. The molecule has 15 heavy (non-hydrogen) atoms. The number of hydrogen-bond donors (Lipinski definition) is 1. The van der Waals surface area contributed by atoms with E-state index in [0.29, 0.717) is 6.04 Å². The van der Waals surface area contributed by atoms with Crippen LogP contribution in [0.3, 0.4) is 0 Å². The van der Waals surface area contributed by atoms with E-state index < -0.39 is 0 Å². The van der Waals surface area contributed by atoms with Crippen LogP contribution in [0.15, 0.2) is 24.3 Å². The first kappa shape index (κ1) is 9.41. The molecule has 2 unspecified atom stereocenters. The van der Waals surface area contributed by atoms with Gasteiger partial charge in [0, 0.05) is 12.6 Å². The highest BCUT2D eigenvalue weighted by Crippen LogP contribution is 2.40. The summed E-state index contributed by atoms with van der Waals surface area (Å²) in [5.41, 5.74) is 3.08. The first-order valence-electron chi connectivity index (χ1n) is 6.16. The molecule has 0 bridgehead atoms. The summed E-state index contributed by atoms with van der Waals surface area (Å²) in [6.07, 6.45) is 4.10. The Labute approximate surface area is 91.9 Å². The Balaban J connectivity index is 1.75. The third-order valence-corrected chi connectivity index (χ3v) is 3.81. The van der Waals surface area contributed by atoms with Gasteiger partial charge in [0.1, 0.15) is 0 Å². The van der Waals surface area contributed by atoms with E-state index in [1.165, 1.54) is 24.8 Å². The van der Waals surface area contributed by atoms with Crippen molar-refractivity contribution in [2.45, 2.75) is 44.1 Å². The Morgan fingerprint density at radius 1 is 1.00 bits per heavy atom. The molecule has 0 radical (unpaired) electrons. The fourth-order valence-corrected chi connectivity index (χ4v) is 2.65. The second kappa shape index (κ2) is 3.64. The lowest BCUT2D eigenvalue weighted by molar-refractivity contribution is 0.658. The van der Waals surface area contributed by atoms with Gasteiger partial charge in [-0.2, -0.15) is 0 Å². The monoisotopic (exact) mass is 201 g/mol. The smallest absolute Gasteiger partial charge is 0.00452 e. The Morgan fingerprint density at radius 2 is 1.60 bits per heavy atom. The predicted octanol–water partition coefficient (Wildman–Crippen LogP) is 3.03. The van der Waals surface area contributed by atoms with Crippen LogP contribution >= 0.6 is 0 Å². The molecule has 1 nitrogen and oxygen atoms in total. The lowest BCUT2D eigenvalue weighted by atomic mass is 9.95. The summed E-state index contributed by atoms with van der Waals surface area (Å²) < 4.78 is 0. The largest absolute Gasteiger partial charge is 0.314 e. The van der Waals surface area contributed by atoms with Gasteiger partial charge >= 0.3 is 0 Å². The van der Waals surface area contributed by atoms with Gasteiger partial charge in [-0.05, 0) is 49.1 Å². The Kier molecular flexibility index (Phi) is 2.28. The second-order valence-corrected chi connectivity index (χ2v) is 5.18. The van der Waals surface area contributed by atoms with Crippen LogP contribution in [0.2, 0.25) is 0 Å². The summed E-state index contributed by atoms with van der Waals surface area (Å²) in [6, 6.07) is 10.1. The molecule has 2 atom stereocenters. The average Bonchev–Trinajstić information content (AvgIpc) is 3.02. The molecule has 1 saturated heterocycles. The lowest BCUT2D eigenvalue weighted by Crippen LogP contribution is -2.16. The molecular weight excluding hydrogens is 182 g/mol. The summed E-state index contributed by atoms with van der Waals surface area (Å²) in [5, 5.41) is 3.52. The van der Waals surface area contributed by atoms with Gasteiger partial charge in [-0.25, -0.2) is 0 Å². The minimum Gasteiger partial charge on any atom is -0.314 e. The van der Waals surface area contributed by atoms with Crippen molar-refractivity contribution >= 4 is 0 Å². The first-order chi connectivity index (χ1) is 7.33. The molecule has 0 aromatic heterocycles. The molecule has 1 saturated carbocycles. The Morgan fingerprint density at radius 3 is 2.07 bits per heavy atom. The standard InChI is InChI=1S/C14H19N/c1-10-8-14(9-15-10)13-6-4-12(5-7-13)11-2-3-11/h4-7,10-11,14-15H,2-3,8-9H2,1H3. The van der Waals surface area contributed by atoms with Gasteiger partial charge in [0.2, 0.25) is 0 Å². The van der Waals surface area contributed by atoms with Gasteiger partial charge in [-0.15, -0.1) is 0 Å². The molecule has 1 aliphatic carbocycles. The van der Waals surface area contributed by atoms with Crippen molar-refractivity contribution in [2.24, 2.45) is 0 Å². The highest BCUT2D eigenvalue weighted by molar-refractivity contribution is 5.30. The lowest BCUT2D eigenvalue weighted by Gasteiger charge is -2.09. The summed E-state index contributed by atoms with van der Waals surface area (Å²) >= 11 is 0. The van der Waals surface area contributed by atoms with Crippen LogP contribution < -0.4 is 5.32 Å². The zero-order valence-electron chi connectivity index (χ0n) is 9.37. The van der Waals surface area contributed by atoms with Crippen LogP contribution in [0.4, 0.5) is 0 Å². The number of benzene rings is 1. The molecule has 1 aromatic rings. The van der Waals surface area contributed by atoms with Gasteiger partial charge in [-0.1, -0.05) is 24.3 Å². The molecule has 2 aliphatic rings. The molecule has 1 aromatic carbocycles. The molecule has 1 heteroatoms. The van der Waals surface area contributed by atoms with Gasteiger partial charge in [0.25, 0.3) is 0 Å². The van der Waals surface area contributed by atoms with E-state index in [0.717, 1.165) is 18.4 Å². The van der Waals surface area contributed by atoms with E-state index >= 15 is 0 Å². The number of rotatable bonds is 2. The van der Waals surface area contributed by atoms with E-state index in [1.807, 2.05) is 0 Å². The van der Waals surface area contributed by atoms with Gasteiger partial charge < -0.3 is 5.32 Å². The fourth-order valence-electron chi connectivity index (χ4n) is 2.65. The summed E-state index contributed by atoms with van der Waals surface area (Å²) in [5.74, 6) is 1.63. The highest BCUT2D eigenvalue weighted by atomic mass is 14.9. The predicted molar refractivity (Wildman–Crippen MR) is 63.2 cm³/mol. The topological polar surface area (TPSA) is 12.0 Å². The molecule has 80 valence electrons. The van der Waals surface area contributed by atoms with Crippen LogP contribution in [-0.4, -0.2) is 12.6 Å². The van der Waals surface area contributed by atoms with Crippen molar-refractivity contribution in [3.63, 3.8) is 0 Å². The van der Waals surface area contributed by atoms with E-state index in [2.05, 4.69) is 36.5 Å². The fraction of sp³-hybridized carbons (Fsp3) is 0.571. The highest BCUT2D eigenvalue weighted by Gasteiger charge is 2.25. The first-order valence-corrected chi connectivity index (χ1v) is 6.16. The maximum atomic E-state index is 3.52. The average molecular weight is 201 g/mol.